The van der Waals surface area contributed by atoms with Gasteiger partial charge in [0.2, 0.25) is 0 Å². The second-order valence-electron chi connectivity index (χ2n) is 22.7. The number of unbranched alkanes of at least 4 members (excludes halogenated alkanes) is 38. The minimum Gasteiger partial charge on any atom is -0.545 e. The minimum absolute atomic E-state index is 0.149. The van der Waals surface area contributed by atoms with Gasteiger partial charge in [0.1, 0.15) is 13.2 Å². The second kappa shape index (κ2) is 56.7. The van der Waals surface area contributed by atoms with Crippen LogP contribution in [0.25, 0.3) is 0 Å². The van der Waals surface area contributed by atoms with E-state index in [0.29, 0.717) is 17.4 Å². The van der Waals surface area contributed by atoms with E-state index in [1.54, 1.807) is 0 Å². The van der Waals surface area contributed by atoms with E-state index in [0.717, 1.165) is 57.8 Å². The molecular weight excluding hydrogens is 923 g/mol. The summed E-state index contributed by atoms with van der Waals surface area (Å²) in [5, 5.41) is 11.8. The van der Waals surface area contributed by atoms with Gasteiger partial charge in [-0.2, -0.15) is 0 Å². The van der Waals surface area contributed by atoms with E-state index in [1.165, 1.54) is 212 Å². The second-order valence-corrected chi connectivity index (χ2v) is 22.7. The highest BCUT2D eigenvalue weighted by Crippen LogP contribution is 2.18. The Bertz CT molecular complexity index is 1310. The van der Waals surface area contributed by atoms with Crippen LogP contribution in [0.1, 0.15) is 303 Å². The number of carboxylic acids is 1. The minimum atomic E-state index is -1.62. The Morgan fingerprint density at radius 1 is 0.405 bits per heavy atom. The molecule has 0 aromatic heterocycles. The number of carboxylic acid groups (broad SMARTS) is 1. The molecule has 0 amide bonds. The van der Waals surface area contributed by atoms with Crippen molar-refractivity contribution in [2.45, 2.75) is 315 Å². The number of esters is 2. The molecule has 0 spiro atoms. The molecule has 0 aliphatic carbocycles. The molecule has 0 rings (SSSR count). The lowest BCUT2D eigenvalue weighted by molar-refractivity contribution is -0.870. The summed E-state index contributed by atoms with van der Waals surface area (Å²) < 4.78 is 22.7. The number of rotatable bonds is 59. The highest BCUT2D eigenvalue weighted by Gasteiger charge is 2.22. The van der Waals surface area contributed by atoms with Crippen molar-refractivity contribution in [3.63, 3.8) is 0 Å². The maximum absolute atomic E-state index is 12.9. The Labute approximate surface area is 458 Å². The molecule has 0 aliphatic rings. The van der Waals surface area contributed by atoms with Gasteiger partial charge in [0, 0.05) is 12.8 Å². The van der Waals surface area contributed by atoms with Gasteiger partial charge in [0.05, 0.1) is 40.3 Å². The number of allylic oxidation sites excluding steroid dienone is 6. The summed E-state index contributed by atoms with van der Waals surface area (Å²) >= 11 is 0. The first-order valence-corrected chi connectivity index (χ1v) is 31.6. The van der Waals surface area contributed by atoms with E-state index in [2.05, 4.69) is 50.3 Å². The first-order chi connectivity index (χ1) is 36.1. The number of quaternary nitrogens is 1. The first-order valence-electron chi connectivity index (χ1n) is 31.6. The number of ether oxygens (including phenoxy) is 4. The molecule has 9 heteroatoms. The summed E-state index contributed by atoms with van der Waals surface area (Å²) in [5.41, 5.74) is 0. The monoisotopic (exact) mass is 1040 g/mol. The van der Waals surface area contributed by atoms with E-state index in [-0.39, 0.29) is 38.6 Å². The number of hydrogen-bond acceptors (Lipinski definition) is 8. The maximum Gasteiger partial charge on any atom is 0.306 e. The van der Waals surface area contributed by atoms with Gasteiger partial charge in [-0.25, -0.2) is 0 Å². The smallest absolute Gasteiger partial charge is 0.306 e. The van der Waals surface area contributed by atoms with Crippen molar-refractivity contribution in [3.8, 4) is 0 Å². The zero-order valence-electron chi connectivity index (χ0n) is 49.5. The maximum atomic E-state index is 12.9. The van der Waals surface area contributed by atoms with Crippen LogP contribution in [-0.4, -0.2) is 82.3 Å². The van der Waals surface area contributed by atoms with E-state index in [4.69, 9.17) is 18.9 Å². The zero-order chi connectivity index (χ0) is 54.1. The van der Waals surface area contributed by atoms with Gasteiger partial charge in [0.25, 0.3) is 0 Å². The summed E-state index contributed by atoms with van der Waals surface area (Å²) in [6.45, 7) is 4.73. The molecule has 0 radical (unpaired) electrons. The van der Waals surface area contributed by atoms with Gasteiger partial charge >= 0.3 is 11.9 Å². The molecule has 0 N–H and O–H groups in total. The predicted octanol–water partition coefficient (Wildman–Crippen LogP) is 17.5. The Morgan fingerprint density at radius 2 is 0.730 bits per heavy atom. The quantitative estimate of drug-likeness (QED) is 0.0195. The van der Waals surface area contributed by atoms with Crippen molar-refractivity contribution < 1.29 is 42.9 Å². The molecule has 0 saturated heterocycles. The highest BCUT2D eigenvalue weighted by molar-refractivity contribution is 5.70. The normalized spacial score (nSPS) is 12.9. The number of carbonyl (C=O) groups is 3. The van der Waals surface area contributed by atoms with Crippen molar-refractivity contribution in [1.82, 2.24) is 0 Å². The van der Waals surface area contributed by atoms with Crippen LogP contribution in [0.4, 0.5) is 0 Å². The fourth-order valence-electron chi connectivity index (χ4n) is 9.21. The molecule has 0 saturated carbocycles. The Balaban J connectivity index is 3.94. The van der Waals surface area contributed by atoms with Crippen LogP contribution < -0.4 is 5.11 Å². The number of hydrogen-bond donors (Lipinski definition) is 0. The molecule has 74 heavy (non-hydrogen) atoms. The van der Waals surface area contributed by atoms with Crippen molar-refractivity contribution >= 4 is 17.9 Å². The van der Waals surface area contributed by atoms with E-state index < -0.39 is 24.3 Å². The van der Waals surface area contributed by atoms with Gasteiger partial charge in [-0.1, -0.05) is 256 Å². The summed E-state index contributed by atoms with van der Waals surface area (Å²) in [6.07, 6.45) is 66.7. The van der Waals surface area contributed by atoms with E-state index in [1.807, 2.05) is 21.1 Å². The molecule has 2 unspecified atom stereocenters. The lowest BCUT2D eigenvalue weighted by Gasteiger charge is -2.26. The molecule has 0 heterocycles. The summed E-state index contributed by atoms with van der Waals surface area (Å²) in [6, 6.07) is 0. The highest BCUT2D eigenvalue weighted by atomic mass is 16.7. The standard InChI is InChI=1S/C65H121NO8/c1-6-8-10-12-14-16-18-20-21-22-23-24-25-26-27-28-29-30-31-32-33-34-35-36-37-38-39-40-41-42-43-44-46-48-50-52-54-56-63(68)74-61(60-73-65(64(69)70)71-58-57-66(3,4)5)59-72-62(67)55-53-51-49-47-45-19-17-15-13-11-9-7-2/h15,17-18,20,22-23,61,65H,6-14,16,19,21,24-60H2,1-5H3/b17-15-,20-18-,23-22-. The summed E-state index contributed by atoms with van der Waals surface area (Å²) in [7, 11) is 5.92. The van der Waals surface area contributed by atoms with Gasteiger partial charge in [-0.3, -0.25) is 9.59 Å². The predicted molar refractivity (Wildman–Crippen MR) is 311 cm³/mol. The third kappa shape index (κ3) is 57.2. The fraction of sp³-hybridized carbons (Fsp3) is 0.862. The van der Waals surface area contributed by atoms with E-state index >= 15 is 0 Å². The first kappa shape index (κ1) is 71.5. The third-order valence-corrected chi connectivity index (χ3v) is 14.1. The van der Waals surface area contributed by atoms with Crippen LogP contribution in [0.3, 0.4) is 0 Å². The topological polar surface area (TPSA) is 111 Å². The van der Waals surface area contributed by atoms with Crippen LogP contribution in [0, 0.1) is 0 Å². The van der Waals surface area contributed by atoms with Gasteiger partial charge < -0.3 is 33.3 Å². The van der Waals surface area contributed by atoms with Crippen LogP contribution in [-0.2, 0) is 33.3 Å². The Hall–Kier alpha value is -2.49. The average molecular weight is 1040 g/mol. The molecule has 434 valence electrons. The van der Waals surface area contributed by atoms with Crippen molar-refractivity contribution in [1.29, 1.82) is 0 Å². The van der Waals surface area contributed by atoms with Crippen LogP contribution in [0.5, 0.6) is 0 Å². The Morgan fingerprint density at radius 3 is 1.11 bits per heavy atom. The van der Waals surface area contributed by atoms with E-state index in [9.17, 15) is 19.5 Å². The van der Waals surface area contributed by atoms with Crippen LogP contribution in [0.15, 0.2) is 36.5 Å². The Kier molecular flexibility index (Phi) is 54.8. The van der Waals surface area contributed by atoms with Crippen molar-refractivity contribution in [3.05, 3.63) is 36.5 Å². The number of likely N-dealkylation sites (N-methyl/N-ethyl adjacent to an activating group) is 1. The van der Waals surface area contributed by atoms with Gasteiger partial charge in [-0.05, 0) is 70.6 Å². The van der Waals surface area contributed by atoms with Gasteiger partial charge in [-0.15, -0.1) is 0 Å². The number of carbonyl (C=O) groups excluding carboxylic acids is 3. The summed E-state index contributed by atoms with van der Waals surface area (Å²) in [4.78, 5) is 37.2. The molecule has 0 bridgehead atoms. The van der Waals surface area contributed by atoms with Gasteiger partial charge in [0.15, 0.2) is 12.4 Å². The molecule has 0 aliphatic heterocycles. The lowest BCUT2D eigenvalue weighted by Crippen LogP contribution is -2.44. The molecule has 0 aromatic rings. The number of aliphatic carboxylic acids is 1. The van der Waals surface area contributed by atoms with Crippen LogP contribution in [0.2, 0.25) is 0 Å². The average Bonchev–Trinajstić information content (AvgIpc) is 3.37. The largest absolute Gasteiger partial charge is 0.545 e. The summed E-state index contributed by atoms with van der Waals surface area (Å²) in [5.74, 6) is -2.28. The zero-order valence-corrected chi connectivity index (χ0v) is 49.5. The van der Waals surface area contributed by atoms with Crippen LogP contribution >= 0.6 is 0 Å². The number of nitrogens with zero attached hydrogens (tertiary/aromatic N) is 1. The molecule has 2 atom stereocenters. The van der Waals surface area contributed by atoms with Crippen molar-refractivity contribution in [2.75, 3.05) is 47.5 Å². The molecule has 9 nitrogen and oxygen atoms in total. The SMILES string of the molecule is CCCCC/C=C\CCCCCCCC(=O)OCC(COC(OCC[N+](C)(C)C)C(=O)[O-])OC(=O)CCCCCCCCCCCCCCCCCCCCCCCCCCC/C=C\C/C=C\CCCCCCC. The molecular formula is C65H121NO8. The molecule has 0 aromatic carbocycles. The molecule has 0 fully saturated rings. The van der Waals surface area contributed by atoms with Crippen molar-refractivity contribution in [2.24, 2.45) is 0 Å². The fourth-order valence-corrected chi connectivity index (χ4v) is 9.21. The lowest BCUT2D eigenvalue weighted by atomic mass is 10.0. The third-order valence-electron chi connectivity index (χ3n) is 14.1.